The van der Waals surface area contributed by atoms with E-state index in [2.05, 4.69) is 79.9 Å². The summed E-state index contributed by atoms with van der Waals surface area (Å²) in [6.07, 6.45) is 3.73. The van der Waals surface area contributed by atoms with E-state index in [1.165, 1.54) is 0 Å². The van der Waals surface area contributed by atoms with Gasteiger partial charge in [-0.3, -0.25) is 9.69 Å². The van der Waals surface area contributed by atoms with Gasteiger partial charge in [-0.15, -0.1) is 0 Å². The van der Waals surface area contributed by atoms with Crippen LogP contribution in [0.2, 0.25) is 0 Å². The average Bonchev–Trinajstić information content (AvgIpc) is 3.86. The molecule has 0 spiro atoms. The molecule has 1 saturated carbocycles. The predicted molar refractivity (Wildman–Crippen MR) is 185 cm³/mol. The van der Waals surface area contributed by atoms with E-state index in [0.717, 1.165) is 60.2 Å². The lowest BCUT2D eigenvalue weighted by Gasteiger charge is -2.28. The van der Waals surface area contributed by atoms with Gasteiger partial charge in [-0.1, -0.05) is 71.9 Å². The molecule has 2 N–H and O–H groups in total. The van der Waals surface area contributed by atoms with Gasteiger partial charge in [-0.2, -0.15) is 0 Å². The number of fused-ring (bicyclic) bond motifs is 1. The Kier molecular flexibility index (Phi) is 10.2. The van der Waals surface area contributed by atoms with E-state index >= 15 is 0 Å². The van der Waals surface area contributed by atoms with Crippen molar-refractivity contribution in [2.75, 3.05) is 43.0 Å². The Hall–Kier alpha value is -4.17. The maximum atomic E-state index is 14.4. The molecule has 1 aliphatic rings. The fourth-order valence-corrected chi connectivity index (χ4v) is 5.94. The smallest absolute Gasteiger partial charge is 0.326 e. The van der Waals surface area contributed by atoms with Gasteiger partial charge in [0.2, 0.25) is 0 Å². The summed E-state index contributed by atoms with van der Waals surface area (Å²) in [6, 6.07) is 17.5. The molecule has 1 fully saturated rings. The summed E-state index contributed by atoms with van der Waals surface area (Å²) in [7, 11) is 0. The molecule has 2 heterocycles. The topological polar surface area (TPSA) is 90.6 Å². The average molecular weight is 610 g/mol. The summed E-state index contributed by atoms with van der Waals surface area (Å²) >= 11 is 0. The quantitative estimate of drug-likeness (QED) is 0.160. The number of urea groups is 1. The molecule has 2 aromatic carbocycles. The number of nitrogens with zero attached hydrogens (tertiary/aromatic N) is 3. The molecular weight excluding hydrogens is 562 g/mol. The van der Waals surface area contributed by atoms with Crippen LogP contribution >= 0.6 is 0 Å². The first-order valence-corrected chi connectivity index (χ1v) is 16.4. The number of hydrogen-bond acceptors (Lipinski definition) is 5. The van der Waals surface area contributed by atoms with Crippen molar-refractivity contribution < 1.29 is 9.53 Å². The lowest BCUT2D eigenvalue weighted by Crippen LogP contribution is -2.40. The Morgan fingerprint density at radius 1 is 1.00 bits per heavy atom. The molecule has 1 aliphatic carbocycles. The molecule has 238 valence electrons. The van der Waals surface area contributed by atoms with Crippen molar-refractivity contribution in [3.05, 3.63) is 82.3 Å². The van der Waals surface area contributed by atoms with Gasteiger partial charge in [0.05, 0.1) is 0 Å². The van der Waals surface area contributed by atoms with E-state index in [9.17, 15) is 9.59 Å². The number of pyridine rings is 2. The van der Waals surface area contributed by atoms with E-state index in [-0.39, 0.29) is 23.4 Å². The van der Waals surface area contributed by atoms with Crippen LogP contribution in [0.15, 0.2) is 65.6 Å². The Morgan fingerprint density at radius 3 is 2.33 bits per heavy atom. The van der Waals surface area contributed by atoms with Crippen LogP contribution in [0.3, 0.4) is 0 Å². The lowest BCUT2D eigenvalue weighted by molar-refractivity contribution is 0.223. The monoisotopic (exact) mass is 609 g/mol. The van der Waals surface area contributed by atoms with E-state index in [1.807, 2.05) is 36.4 Å². The van der Waals surface area contributed by atoms with Gasteiger partial charge in [-0.05, 0) is 84.6 Å². The fourth-order valence-electron chi connectivity index (χ4n) is 5.94. The van der Waals surface area contributed by atoms with Crippen LogP contribution in [-0.2, 0) is 0 Å². The molecule has 2 amide bonds. The summed E-state index contributed by atoms with van der Waals surface area (Å²) in [5.41, 5.74) is 4.92. The number of aromatic amines is 1. The Balaban J connectivity index is 1.61. The normalized spacial score (nSPS) is 13.2. The molecule has 8 heteroatoms. The molecule has 0 unspecified atom stereocenters. The maximum Gasteiger partial charge on any atom is 0.326 e. The van der Waals surface area contributed by atoms with Gasteiger partial charge in [-0.25, -0.2) is 9.78 Å². The summed E-state index contributed by atoms with van der Waals surface area (Å²) < 4.78 is 6.18. The van der Waals surface area contributed by atoms with Crippen LogP contribution in [0.25, 0.3) is 22.2 Å². The van der Waals surface area contributed by atoms with E-state index < -0.39 is 0 Å². The van der Waals surface area contributed by atoms with Crippen molar-refractivity contribution in [1.82, 2.24) is 14.9 Å². The number of carbonyl (C=O) groups excluding carboxylic acids is 1. The first-order chi connectivity index (χ1) is 21.7. The minimum atomic E-state index is -0.346. The molecule has 0 saturated heterocycles. The SMILES string of the molecule is CCN(CC)CCOc1cccc(-c2c(N(CC3CC3)C(=O)Nc3c(C(C)C)cccc3C(C)C)c(=O)[nH]c3ncccc23)c1. The Morgan fingerprint density at radius 2 is 1.69 bits per heavy atom. The third kappa shape index (κ3) is 7.39. The van der Waals surface area contributed by atoms with Crippen molar-refractivity contribution in [1.29, 1.82) is 0 Å². The van der Waals surface area contributed by atoms with Gasteiger partial charge in [0.25, 0.3) is 5.56 Å². The van der Waals surface area contributed by atoms with Crippen LogP contribution < -0.4 is 20.5 Å². The number of amides is 2. The summed E-state index contributed by atoms with van der Waals surface area (Å²) in [4.78, 5) is 39.9. The highest BCUT2D eigenvalue weighted by Gasteiger charge is 2.32. The molecule has 5 rings (SSSR count). The number of H-pyrrole nitrogens is 1. The van der Waals surface area contributed by atoms with Crippen LogP contribution in [0.5, 0.6) is 5.75 Å². The van der Waals surface area contributed by atoms with Crippen molar-refractivity contribution >= 4 is 28.4 Å². The van der Waals surface area contributed by atoms with Gasteiger partial charge in [0.1, 0.15) is 23.7 Å². The van der Waals surface area contributed by atoms with E-state index in [4.69, 9.17) is 4.74 Å². The number of rotatable bonds is 13. The molecule has 0 radical (unpaired) electrons. The van der Waals surface area contributed by atoms with Crippen LogP contribution in [0.1, 0.15) is 77.3 Å². The zero-order valence-electron chi connectivity index (χ0n) is 27.5. The second-order valence-electron chi connectivity index (χ2n) is 12.6. The molecule has 0 aliphatic heterocycles. The number of ether oxygens (including phenoxy) is 1. The third-order valence-corrected chi connectivity index (χ3v) is 8.71. The molecule has 0 atom stereocenters. The Bertz CT molecular complexity index is 1660. The molecular formula is C37H47N5O3. The number of nitrogens with one attached hydrogen (secondary N) is 2. The van der Waals surface area contributed by atoms with Crippen molar-refractivity contribution in [3.8, 4) is 16.9 Å². The largest absolute Gasteiger partial charge is 0.492 e. The fraction of sp³-hybridized carbons (Fsp3) is 0.432. The number of likely N-dealkylation sites (N-methyl/N-ethyl adjacent to an activating group) is 1. The molecule has 0 bridgehead atoms. The highest BCUT2D eigenvalue weighted by Crippen LogP contribution is 2.39. The molecule has 45 heavy (non-hydrogen) atoms. The van der Waals surface area contributed by atoms with Crippen LogP contribution in [-0.4, -0.2) is 53.7 Å². The van der Waals surface area contributed by atoms with Gasteiger partial charge >= 0.3 is 6.03 Å². The molecule has 8 nitrogen and oxygen atoms in total. The summed E-state index contributed by atoms with van der Waals surface area (Å²) in [5, 5.41) is 4.05. The number of aromatic nitrogens is 2. The van der Waals surface area contributed by atoms with Crippen LogP contribution in [0, 0.1) is 5.92 Å². The van der Waals surface area contributed by atoms with Gasteiger partial charge in [0.15, 0.2) is 0 Å². The number of carbonyl (C=O) groups is 1. The summed E-state index contributed by atoms with van der Waals surface area (Å²) in [6.45, 7) is 16.6. The minimum Gasteiger partial charge on any atom is -0.492 e. The number of anilines is 2. The van der Waals surface area contributed by atoms with E-state index in [0.29, 0.717) is 41.7 Å². The summed E-state index contributed by atoms with van der Waals surface area (Å²) in [5.74, 6) is 1.48. The van der Waals surface area contributed by atoms with Gasteiger partial charge < -0.3 is 19.9 Å². The predicted octanol–water partition coefficient (Wildman–Crippen LogP) is 8.01. The van der Waals surface area contributed by atoms with Crippen LogP contribution in [0.4, 0.5) is 16.2 Å². The highest BCUT2D eigenvalue weighted by molar-refractivity contribution is 6.09. The Labute approximate surface area is 266 Å². The van der Waals surface area contributed by atoms with E-state index in [1.54, 1.807) is 11.1 Å². The van der Waals surface area contributed by atoms with Crippen molar-refractivity contribution in [3.63, 3.8) is 0 Å². The lowest BCUT2D eigenvalue weighted by atomic mass is 9.92. The second-order valence-corrected chi connectivity index (χ2v) is 12.6. The number of hydrogen-bond donors (Lipinski definition) is 2. The third-order valence-electron chi connectivity index (χ3n) is 8.71. The first kappa shape index (κ1) is 32.2. The standard InChI is InChI=1S/C37H47N5O3/c1-7-41(8-2)20-21-45-28-13-9-12-27(22-28)32-31-16-11-19-38-35(31)40-36(43)34(32)42(23-26-17-18-26)37(44)39-33-29(24(3)4)14-10-15-30(33)25(5)6/h9-16,19,22,24-26H,7-8,17-18,20-21,23H2,1-6H3,(H,39,44)(H,38,40,43). The van der Waals surface area contributed by atoms with Crippen molar-refractivity contribution in [2.24, 2.45) is 5.92 Å². The van der Waals surface area contributed by atoms with Crippen molar-refractivity contribution in [2.45, 2.75) is 66.2 Å². The zero-order valence-corrected chi connectivity index (χ0v) is 27.5. The maximum absolute atomic E-state index is 14.4. The molecule has 4 aromatic rings. The van der Waals surface area contributed by atoms with Gasteiger partial charge in [0, 0.05) is 35.9 Å². The number of benzene rings is 2. The second kappa shape index (κ2) is 14.3. The molecule has 2 aromatic heterocycles. The first-order valence-electron chi connectivity index (χ1n) is 16.4. The number of para-hydroxylation sites is 1. The zero-order chi connectivity index (χ0) is 32.1. The highest BCUT2D eigenvalue weighted by atomic mass is 16.5. The minimum absolute atomic E-state index is 0.214.